The van der Waals surface area contributed by atoms with Crippen LogP contribution < -0.4 is 14.8 Å². The molecule has 2 atom stereocenters. The van der Waals surface area contributed by atoms with Crippen LogP contribution in [0.5, 0.6) is 11.5 Å². The lowest BCUT2D eigenvalue weighted by Gasteiger charge is -2.25. The molecule has 2 aliphatic rings. The van der Waals surface area contributed by atoms with E-state index in [1.165, 1.54) is 0 Å². The van der Waals surface area contributed by atoms with E-state index in [1.54, 1.807) is 30.1 Å². The van der Waals surface area contributed by atoms with Crippen LogP contribution in [0.15, 0.2) is 48.5 Å². The summed E-state index contributed by atoms with van der Waals surface area (Å²) in [4.78, 5) is 26.7. The highest BCUT2D eigenvalue weighted by atomic mass is 16.7. The van der Waals surface area contributed by atoms with Crippen LogP contribution in [0.2, 0.25) is 0 Å². The average molecular weight is 338 g/mol. The Hall–Kier alpha value is -3.02. The Morgan fingerprint density at radius 2 is 1.88 bits per heavy atom. The number of fused-ring (bicyclic) bond motifs is 1. The average Bonchev–Trinajstić information content (AvgIpc) is 3.20. The summed E-state index contributed by atoms with van der Waals surface area (Å²) in [6.45, 7) is 0.185. The summed E-state index contributed by atoms with van der Waals surface area (Å²) < 4.78 is 10.6. The van der Waals surface area contributed by atoms with E-state index in [2.05, 4.69) is 5.32 Å². The molecule has 1 saturated heterocycles. The number of anilines is 1. The highest BCUT2D eigenvalue weighted by molar-refractivity contribution is 5.98. The quantitative estimate of drug-likeness (QED) is 0.934. The molecule has 2 aromatic rings. The maximum atomic E-state index is 12.8. The Labute approximate surface area is 145 Å². The molecule has 2 amide bonds. The van der Waals surface area contributed by atoms with Gasteiger partial charge in [0.25, 0.3) is 0 Å². The topological polar surface area (TPSA) is 67.9 Å². The van der Waals surface area contributed by atoms with Gasteiger partial charge >= 0.3 is 0 Å². The van der Waals surface area contributed by atoms with E-state index in [1.807, 2.05) is 30.3 Å². The van der Waals surface area contributed by atoms with Crippen molar-refractivity contribution in [2.24, 2.45) is 5.92 Å². The van der Waals surface area contributed by atoms with E-state index in [-0.39, 0.29) is 31.1 Å². The minimum Gasteiger partial charge on any atom is -0.454 e. The molecule has 0 aliphatic carbocycles. The summed E-state index contributed by atoms with van der Waals surface area (Å²) in [5.41, 5.74) is 1.59. The van der Waals surface area contributed by atoms with Gasteiger partial charge in [-0.2, -0.15) is 0 Å². The lowest BCUT2D eigenvalue weighted by atomic mass is 9.93. The molecule has 0 unspecified atom stereocenters. The highest BCUT2D eigenvalue weighted by Crippen LogP contribution is 2.38. The summed E-state index contributed by atoms with van der Waals surface area (Å²) in [7, 11) is 1.74. The van der Waals surface area contributed by atoms with Crippen molar-refractivity contribution in [3.63, 3.8) is 0 Å². The number of hydrogen-bond acceptors (Lipinski definition) is 4. The van der Waals surface area contributed by atoms with Gasteiger partial charge in [0.2, 0.25) is 18.6 Å². The number of carbonyl (C=O) groups excluding carboxylic acids is 2. The summed E-state index contributed by atoms with van der Waals surface area (Å²) in [6.07, 6.45) is 0.201. The van der Waals surface area contributed by atoms with Gasteiger partial charge in [-0.25, -0.2) is 0 Å². The van der Waals surface area contributed by atoms with Crippen LogP contribution in [-0.2, 0) is 9.59 Å². The van der Waals surface area contributed by atoms with Crippen molar-refractivity contribution >= 4 is 17.5 Å². The zero-order valence-corrected chi connectivity index (χ0v) is 13.8. The number of nitrogens with zero attached hydrogens (tertiary/aromatic N) is 1. The van der Waals surface area contributed by atoms with Gasteiger partial charge in [-0.05, 0) is 17.7 Å². The first kappa shape index (κ1) is 15.5. The van der Waals surface area contributed by atoms with Gasteiger partial charge in [-0.3, -0.25) is 9.59 Å². The van der Waals surface area contributed by atoms with Crippen molar-refractivity contribution in [2.75, 3.05) is 19.2 Å². The van der Waals surface area contributed by atoms with E-state index in [0.29, 0.717) is 17.2 Å². The molecule has 2 aliphatic heterocycles. The van der Waals surface area contributed by atoms with E-state index < -0.39 is 5.92 Å². The van der Waals surface area contributed by atoms with Gasteiger partial charge < -0.3 is 19.7 Å². The molecule has 6 heteroatoms. The first-order valence-corrected chi connectivity index (χ1v) is 8.14. The number of ether oxygens (including phenoxy) is 2. The number of benzene rings is 2. The van der Waals surface area contributed by atoms with Crippen molar-refractivity contribution in [1.29, 1.82) is 0 Å². The Morgan fingerprint density at radius 1 is 1.12 bits per heavy atom. The third-order valence-corrected chi connectivity index (χ3v) is 4.70. The zero-order valence-electron chi connectivity index (χ0n) is 13.8. The van der Waals surface area contributed by atoms with Crippen LogP contribution in [-0.4, -0.2) is 30.6 Å². The van der Waals surface area contributed by atoms with E-state index in [9.17, 15) is 9.59 Å². The number of rotatable bonds is 3. The Balaban J connectivity index is 1.57. The minimum atomic E-state index is -0.440. The van der Waals surface area contributed by atoms with Gasteiger partial charge in [0.05, 0.1) is 12.0 Å². The number of nitrogens with one attached hydrogen (secondary N) is 1. The Bertz CT molecular complexity index is 821. The molecule has 128 valence electrons. The van der Waals surface area contributed by atoms with Crippen molar-refractivity contribution in [3.05, 3.63) is 54.1 Å². The second-order valence-corrected chi connectivity index (χ2v) is 6.23. The molecule has 4 rings (SSSR count). The van der Waals surface area contributed by atoms with Crippen molar-refractivity contribution in [3.8, 4) is 11.5 Å². The normalized spacial score (nSPS) is 21.5. The van der Waals surface area contributed by atoms with E-state index in [4.69, 9.17) is 9.47 Å². The molecule has 25 heavy (non-hydrogen) atoms. The fourth-order valence-electron chi connectivity index (χ4n) is 3.42. The van der Waals surface area contributed by atoms with Gasteiger partial charge in [0.1, 0.15) is 0 Å². The SMILES string of the molecule is CN1C(=O)C[C@H](C(=O)Nc2ccc3c(c2)OCO3)[C@@H]1c1ccccc1. The fourth-order valence-corrected chi connectivity index (χ4v) is 3.42. The molecule has 0 bridgehead atoms. The van der Waals surface area contributed by atoms with Crippen LogP contribution >= 0.6 is 0 Å². The molecule has 2 heterocycles. The number of likely N-dealkylation sites (tertiary alicyclic amines) is 1. The van der Waals surface area contributed by atoms with Crippen LogP contribution in [0.25, 0.3) is 0 Å². The van der Waals surface area contributed by atoms with Crippen LogP contribution in [0.1, 0.15) is 18.0 Å². The molecular formula is C19H18N2O4. The smallest absolute Gasteiger partial charge is 0.231 e. The second-order valence-electron chi connectivity index (χ2n) is 6.23. The molecule has 0 radical (unpaired) electrons. The largest absolute Gasteiger partial charge is 0.454 e. The third-order valence-electron chi connectivity index (χ3n) is 4.70. The maximum Gasteiger partial charge on any atom is 0.231 e. The first-order chi connectivity index (χ1) is 12.1. The molecule has 2 aromatic carbocycles. The molecule has 1 fully saturated rings. The minimum absolute atomic E-state index is 0.0281. The fraction of sp³-hybridized carbons (Fsp3) is 0.263. The number of hydrogen-bond donors (Lipinski definition) is 1. The van der Waals surface area contributed by atoms with Crippen molar-refractivity contribution in [1.82, 2.24) is 4.90 Å². The predicted molar refractivity (Wildman–Crippen MR) is 91.3 cm³/mol. The summed E-state index contributed by atoms with van der Waals surface area (Å²) >= 11 is 0. The highest BCUT2D eigenvalue weighted by Gasteiger charge is 2.42. The summed E-state index contributed by atoms with van der Waals surface area (Å²) in [5, 5.41) is 2.90. The zero-order chi connectivity index (χ0) is 17.4. The van der Waals surface area contributed by atoms with E-state index in [0.717, 1.165) is 5.56 Å². The van der Waals surface area contributed by atoms with Gasteiger partial charge in [-0.1, -0.05) is 30.3 Å². The predicted octanol–water partition coefficient (Wildman–Crippen LogP) is 2.57. The van der Waals surface area contributed by atoms with Crippen LogP contribution in [0.4, 0.5) is 5.69 Å². The lowest BCUT2D eigenvalue weighted by Crippen LogP contribution is -2.30. The maximum absolute atomic E-state index is 12.8. The number of carbonyl (C=O) groups is 2. The molecule has 0 spiro atoms. The molecule has 1 N–H and O–H groups in total. The second kappa shape index (κ2) is 6.12. The first-order valence-electron chi connectivity index (χ1n) is 8.14. The Morgan fingerprint density at radius 3 is 2.68 bits per heavy atom. The number of amides is 2. The van der Waals surface area contributed by atoms with E-state index >= 15 is 0 Å². The van der Waals surface area contributed by atoms with Crippen molar-refractivity contribution in [2.45, 2.75) is 12.5 Å². The third kappa shape index (κ3) is 2.80. The molecule has 6 nitrogen and oxygen atoms in total. The Kier molecular flexibility index (Phi) is 3.80. The van der Waals surface area contributed by atoms with Gasteiger partial charge in [0.15, 0.2) is 11.5 Å². The molecule has 0 aromatic heterocycles. The molecular weight excluding hydrogens is 320 g/mol. The van der Waals surface area contributed by atoms with Crippen LogP contribution in [0.3, 0.4) is 0 Å². The standard InChI is InChI=1S/C19H18N2O4/c1-21-17(22)10-14(18(21)12-5-3-2-4-6-12)19(23)20-13-7-8-15-16(9-13)25-11-24-15/h2-9,14,18H,10-11H2,1H3,(H,20,23)/t14-,18-/m0/s1. The van der Waals surface area contributed by atoms with Crippen molar-refractivity contribution < 1.29 is 19.1 Å². The van der Waals surface area contributed by atoms with Gasteiger partial charge in [-0.15, -0.1) is 0 Å². The van der Waals surface area contributed by atoms with Gasteiger partial charge in [0, 0.05) is 25.2 Å². The summed E-state index contributed by atoms with van der Waals surface area (Å²) in [6, 6.07) is 14.6. The summed E-state index contributed by atoms with van der Waals surface area (Å²) in [5.74, 6) is 0.628. The molecule has 0 saturated carbocycles. The lowest BCUT2D eigenvalue weighted by molar-refractivity contribution is -0.127. The monoisotopic (exact) mass is 338 g/mol. The van der Waals surface area contributed by atoms with Crippen LogP contribution in [0, 0.1) is 5.92 Å².